The largest absolute Gasteiger partial charge is 0.377 e. The Balaban J connectivity index is 2.28. The topological polar surface area (TPSA) is 59.1 Å². The maximum Gasteiger partial charge on any atom is 0.158 e. The summed E-state index contributed by atoms with van der Waals surface area (Å²) >= 11 is 2.29. The van der Waals surface area contributed by atoms with Gasteiger partial charge in [0.15, 0.2) is 5.82 Å². The molecule has 0 bridgehead atoms. The molecule has 0 saturated carbocycles. The summed E-state index contributed by atoms with van der Waals surface area (Å²) in [5.74, 6) is 2.20. The van der Waals surface area contributed by atoms with E-state index in [0.29, 0.717) is 12.4 Å². The number of rotatable bonds is 6. The van der Waals surface area contributed by atoms with E-state index in [1.165, 1.54) is 0 Å². The fourth-order valence-corrected chi connectivity index (χ4v) is 2.25. The van der Waals surface area contributed by atoms with Crippen molar-refractivity contribution in [2.24, 2.45) is 0 Å². The number of ether oxygens (including phenoxy) is 1. The molecule has 0 fully saturated rings. The highest BCUT2D eigenvalue weighted by atomic mass is 127. The molecule has 0 aliphatic heterocycles. The quantitative estimate of drug-likeness (QED) is 0.748. The van der Waals surface area contributed by atoms with Crippen molar-refractivity contribution in [1.29, 1.82) is 0 Å². The number of nitrogens with one attached hydrogen (secondary N) is 2. The Labute approximate surface area is 132 Å². The molecule has 0 aliphatic carbocycles. The van der Waals surface area contributed by atoms with Gasteiger partial charge in [-0.2, -0.15) is 0 Å². The highest BCUT2D eigenvalue weighted by Crippen LogP contribution is 2.22. The Kier molecular flexibility index (Phi) is 5.54. The first kappa shape index (κ1) is 15.0. The van der Waals surface area contributed by atoms with Crippen molar-refractivity contribution >= 4 is 39.9 Å². The summed E-state index contributed by atoms with van der Waals surface area (Å²) in [4.78, 5) is 8.84. The molecule has 106 valence electrons. The van der Waals surface area contributed by atoms with E-state index in [2.05, 4.69) is 43.2 Å². The van der Waals surface area contributed by atoms with E-state index >= 15 is 0 Å². The van der Waals surface area contributed by atoms with Crippen LogP contribution in [0.15, 0.2) is 30.3 Å². The minimum absolute atomic E-state index is 0.389. The van der Waals surface area contributed by atoms with Gasteiger partial charge in [-0.25, -0.2) is 9.97 Å². The number of anilines is 3. The SMILES string of the molecule is CCNc1cc(Nc2ccccc2I)nc(COC)n1. The van der Waals surface area contributed by atoms with Crippen LogP contribution in [0.4, 0.5) is 17.3 Å². The van der Waals surface area contributed by atoms with Crippen molar-refractivity contribution in [3.8, 4) is 0 Å². The summed E-state index contributed by atoms with van der Waals surface area (Å²) < 4.78 is 6.25. The van der Waals surface area contributed by atoms with Gasteiger partial charge >= 0.3 is 0 Å². The molecule has 1 heterocycles. The lowest BCUT2D eigenvalue weighted by molar-refractivity contribution is 0.178. The monoisotopic (exact) mass is 384 g/mol. The van der Waals surface area contributed by atoms with Gasteiger partial charge in [0.1, 0.15) is 18.2 Å². The molecule has 2 N–H and O–H groups in total. The summed E-state index contributed by atoms with van der Waals surface area (Å²) in [6, 6.07) is 9.96. The summed E-state index contributed by atoms with van der Waals surface area (Å²) in [6.45, 7) is 3.23. The predicted molar refractivity (Wildman–Crippen MR) is 89.4 cm³/mol. The Hall–Kier alpha value is -1.41. The Morgan fingerprint density at radius 1 is 1.20 bits per heavy atom. The van der Waals surface area contributed by atoms with Crippen LogP contribution < -0.4 is 10.6 Å². The molecule has 0 radical (unpaired) electrons. The Morgan fingerprint density at radius 2 is 1.95 bits per heavy atom. The zero-order chi connectivity index (χ0) is 14.4. The zero-order valence-electron chi connectivity index (χ0n) is 11.5. The third-order valence-electron chi connectivity index (χ3n) is 2.54. The third kappa shape index (κ3) is 4.04. The molecule has 0 spiro atoms. The standard InChI is InChI=1S/C14H17IN4O/c1-3-16-12-8-13(19-14(18-12)9-20-2)17-11-7-5-4-6-10(11)15/h4-8H,3,9H2,1-2H3,(H2,16,17,18,19). The van der Waals surface area contributed by atoms with Crippen LogP contribution in [0.2, 0.25) is 0 Å². The van der Waals surface area contributed by atoms with Crippen LogP contribution >= 0.6 is 22.6 Å². The fourth-order valence-electron chi connectivity index (χ4n) is 1.73. The van der Waals surface area contributed by atoms with E-state index in [-0.39, 0.29) is 0 Å². The van der Waals surface area contributed by atoms with Gasteiger partial charge in [-0.1, -0.05) is 12.1 Å². The molecule has 0 unspecified atom stereocenters. The van der Waals surface area contributed by atoms with Crippen molar-refractivity contribution < 1.29 is 4.74 Å². The van der Waals surface area contributed by atoms with Gasteiger partial charge in [0.25, 0.3) is 0 Å². The number of hydrogen-bond acceptors (Lipinski definition) is 5. The van der Waals surface area contributed by atoms with Crippen molar-refractivity contribution in [2.45, 2.75) is 13.5 Å². The highest BCUT2D eigenvalue weighted by molar-refractivity contribution is 14.1. The zero-order valence-corrected chi connectivity index (χ0v) is 13.6. The van der Waals surface area contributed by atoms with Crippen LogP contribution in [0.25, 0.3) is 0 Å². The molecule has 5 nitrogen and oxygen atoms in total. The van der Waals surface area contributed by atoms with Crippen molar-refractivity contribution in [3.63, 3.8) is 0 Å². The van der Waals surface area contributed by atoms with Crippen LogP contribution in [0.3, 0.4) is 0 Å². The van der Waals surface area contributed by atoms with Gasteiger partial charge in [0, 0.05) is 23.3 Å². The van der Waals surface area contributed by atoms with Crippen LogP contribution in [-0.4, -0.2) is 23.6 Å². The van der Waals surface area contributed by atoms with E-state index in [1.807, 2.05) is 37.3 Å². The summed E-state index contributed by atoms with van der Waals surface area (Å²) in [7, 11) is 1.64. The highest BCUT2D eigenvalue weighted by Gasteiger charge is 2.06. The van der Waals surface area contributed by atoms with Gasteiger partial charge < -0.3 is 15.4 Å². The van der Waals surface area contributed by atoms with Crippen molar-refractivity contribution in [3.05, 3.63) is 39.7 Å². The first-order valence-corrected chi connectivity index (χ1v) is 7.43. The van der Waals surface area contributed by atoms with Crippen LogP contribution in [0.5, 0.6) is 0 Å². The normalized spacial score (nSPS) is 10.3. The van der Waals surface area contributed by atoms with E-state index in [0.717, 1.165) is 27.4 Å². The lowest BCUT2D eigenvalue weighted by Gasteiger charge is -2.11. The third-order valence-corrected chi connectivity index (χ3v) is 3.48. The van der Waals surface area contributed by atoms with Gasteiger partial charge in [0.2, 0.25) is 0 Å². The minimum atomic E-state index is 0.389. The van der Waals surface area contributed by atoms with Crippen LogP contribution in [0, 0.1) is 3.57 Å². The van der Waals surface area contributed by atoms with Gasteiger partial charge in [0.05, 0.1) is 5.69 Å². The lowest BCUT2D eigenvalue weighted by Crippen LogP contribution is -2.07. The predicted octanol–water partition coefficient (Wildman–Crippen LogP) is 3.40. The molecule has 20 heavy (non-hydrogen) atoms. The molecular weight excluding hydrogens is 367 g/mol. The summed E-state index contributed by atoms with van der Waals surface area (Å²) in [6.07, 6.45) is 0. The molecule has 0 saturated heterocycles. The molecule has 1 aromatic carbocycles. The molecule has 2 rings (SSSR count). The first-order valence-electron chi connectivity index (χ1n) is 6.35. The Morgan fingerprint density at radius 3 is 2.65 bits per heavy atom. The number of hydrogen-bond donors (Lipinski definition) is 2. The second-order valence-corrected chi connectivity index (χ2v) is 5.29. The second-order valence-electron chi connectivity index (χ2n) is 4.12. The van der Waals surface area contributed by atoms with E-state index in [9.17, 15) is 0 Å². The first-order chi connectivity index (χ1) is 9.72. The number of nitrogens with zero attached hydrogens (tertiary/aromatic N) is 2. The average molecular weight is 384 g/mol. The second kappa shape index (κ2) is 7.39. The van der Waals surface area contributed by atoms with E-state index in [1.54, 1.807) is 7.11 Å². The van der Waals surface area contributed by atoms with Crippen LogP contribution in [-0.2, 0) is 11.3 Å². The van der Waals surface area contributed by atoms with E-state index in [4.69, 9.17) is 4.74 Å². The summed E-state index contributed by atoms with van der Waals surface area (Å²) in [5.41, 5.74) is 1.03. The van der Waals surface area contributed by atoms with Crippen LogP contribution in [0.1, 0.15) is 12.7 Å². The smallest absolute Gasteiger partial charge is 0.158 e. The molecular formula is C14H17IN4O. The molecule has 0 atom stereocenters. The van der Waals surface area contributed by atoms with Crippen molar-refractivity contribution in [2.75, 3.05) is 24.3 Å². The lowest BCUT2D eigenvalue weighted by atomic mass is 10.3. The van der Waals surface area contributed by atoms with Gasteiger partial charge in [-0.15, -0.1) is 0 Å². The average Bonchev–Trinajstić information content (AvgIpc) is 2.42. The van der Waals surface area contributed by atoms with E-state index < -0.39 is 0 Å². The number of aromatic nitrogens is 2. The van der Waals surface area contributed by atoms with Crippen molar-refractivity contribution in [1.82, 2.24) is 9.97 Å². The van der Waals surface area contributed by atoms with Gasteiger partial charge in [-0.05, 0) is 41.6 Å². The number of para-hydroxylation sites is 1. The molecule has 0 aliphatic rings. The number of benzene rings is 1. The summed E-state index contributed by atoms with van der Waals surface area (Å²) in [5, 5.41) is 6.51. The number of methoxy groups -OCH3 is 1. The molecule has 0 amide bonds. The molecule has 6 heteroatoms. The molecule has 1 aromatic heterocycles. The Bertz CT molecular complexity index is 553. The maximum atomic E-state index is 5.11. The maximum absolute atomic E-state index is 5.11. The molecule has 2 aromatic rings. The van der Waals surface area contributed by atoms with Gasteiger partial charge in [-0.3, -0.25) is 0 Å². The minimum Gasteiger partial charge on any atom is -0.377 e. The fraction of sp³-hybridized carbons (Fsp3) is 0.286. The number of halogens is 1.